The number of ether oxygens (including phenoxy) is 1. The molecule has 0 bridgehead atoms. The minimum absolute atomic E-state index is 0.104. The molecule has 0 spiro atoms. The Morgan fingerprint density at radius 2 is 1.88 bits per heavy atom. The molecule has 0 saturated carbocycles. The molecule has 8 nitrogen and oxygen atoms in total. The molecule has 4 rings (SSSR count). The molecule has 8 heteroatoms. The number of nitrogens with one attached hydrogen (secondary N) is 2. The smallest absolute Gasteiger partial charge is 0.317 e. The minimum Gasteiger partial charge on any atom is -0.485 e. The molecule has 0 aliphatic carbocycles. The van der Waals surface area contributed by atoms with Gasteiger partial charge in [-0.15, -0.1) is 0 Å². The Kier molecular flexibility index (Phi) is 6.83. The molecule has 1 aliphatic heterocycles. The molecule has 172 valence electrons. The second-order valence-electron chi connectivity index (χ2n) is 7.91. The first kappa shape index (κ1) is 22.3. The number of hydrogen-bond donors (Lipinski definition) is 2. The van der Waals surface area contributed by atoms with E-state index in [1.54, 1.807) is 36.2 Å². The molecule has 3 aromatic rings. The van der Waals surface area contributed by atoms with Crippen LogP contribution in [0.3, 0.4) is 0 Å². The van der Waals surface area contributed by atoms with Gasteiger partial charge in [0.1, 0.15) is 11.9 Å². The first-order valence-corrected chi connectivity index (χ1v) is 11.0. The molecule has 3 amide bonds. The number of carbonyl (C=O) groups excluding carboxylic acids is 2. The predicted octanol–water partition coefficient (Wildman–Crippen LogP) is 3.96. The van der Waals surface area contributed by atoms with Gasteiger partial charge >= 0.3 is 6.03 Å². The molecular weight excluding hydrogens is 420 g/mol. The van der Waals surface area contributed by atoms with Crippen LogP contribution in [-0.4, -0.2) is 49.6 Å². The van der Waals surface area contributed by atoms with Gasteiger partial charge in [0.25, 0.3) is 5.91 Å². The summed E-state index contributed by atoms with van der Waals surface area (Å²) in [6.07, 6.45) is 1.35. The number of anilines is 2. The van der Waals surface area contributed by atoms with Crippen molar-refractivity contribution in [2.75, 3.05) is 36.9 Å². The van der Waals surface area contributed by atoms with Crippen LogP contribution in [0.1, 0.15) is 23.0 Å². The maximum Gasteiger partial charge on any atom is 0.317 e. The molecule has 33 heavy (non-hydrogen) atoms. The number of urea groups is 1. The monoisotopic (exact) mass is 448 g/mol. The minimum atomic E-state index is -0.308. The van der Waals surface area contributed by atoms with Crippen molar-refractivity contribution in [2.45, 2.75) is 19.6 Å². The molecule has 1 unspecified atom stereocenters. The summed E-state index contributed by atoms with van der Waals surface area (Å²) in [5, 5.41) is 5.70. The summed E-state index contributed by atoms with van der Waals surface area (Å²) in [5.41, 5.74) is 2.67. The highest BCUT2D eigenvalue weighted by atomic mass is 16.5. The lowest BCUT2D eigenvalue weighted by Gasteiger charge is -2.37. The zero-order valence-corrected chi connectivity index (χ0v) is 18.8. The molecule has 0 radical (unpaired) electrons. The van der Waals surface area contributed by atoms with E-state index in [-0.39, 0.29) is 23.8 Å². The van der Waals surface area contributed by atoms with E-state index < -0.39 is 0 Å². The highest BCUT2D eigenvalue weighted by molar-refractivity contribution is 6.02. The highest BCUT2D eigenvalue weighted by Crippen LogP contribution is 2.32. The third-order valence-corrected chi connectivity index (χ3v) is 5.53. The number of carbonyl (C=O) groups is 2. The number of fused-ring (bicyclic) bond motifs is 1. The largest absolute Gasteiger partial charge is 0.485 e. The molecule has 0 saturated heterocycles. The number of furan rings is 1. The summed E-state index contributed by atoms with van der Waals surface area (Å²) < 4.78 is 11.2. The molecule has 1 atom stereocenters. The Balaban J connectivity index is 1.26. The maximum atomic E-state index is 12.6. The number of para-hydroxylation sites is 2. The maximum absolute atomic E-state index is 12.6. The van der Waals surface area contributed by atoms with Gasteiger partial charge < -0.3 is 29.6 Å². The first-order valence-electron chi connectivity index (χ1n) is 11.0. The number of benzene rings is 2. The van der Waals surface area contributed by atoms with E-state index in [2.05, 4.69) is 28.5 Å². The van der Waals surface area contributed by atoms with Crippen LogP contribution >= 0.6 is 0 Å². The lowest BCUT2D eigenvalue weighted by molar-refractivity contribution is 0.0996. The lowest BCUT2D eigenvalue weighted by Crippen LogP contribution is -2.48. The summed E-state index contributed by atoms with van der Waals surface area (Å²) in [4.78, 5) is 28.6. The van der Waals surface area contributed by atoms with Crippen LogP contribution in [0.5, 0.6) is 5.75 Å². The summed E-state index contributed by atoms with van der Waals surface area (Å²) in [6, 6.07) is 18.4. The average Bonchev–Trinajstić information content (AvgIpc) is 3.38. The Labute approximate surface area is 193 Å². The Bertz CT molecular complexity index is 1080. The quantitative estimate of drug-likeness (QED) is 0.571. The third kappa shape index (κ3) is 5.46. The van der Waals surface area contributed by atoms with Crippen molar-refractivity contribution in [1.29, 1.82) is 0 Å². The summed E-state index contributed by atoms with van der Waals surface area (Å²) in [6.45, 7) is 4.59. The van der Waals surface area contributed by atoms with Gasteiger partial charge in [0, 0.05) is 25.8 Å². The fourth-order valence-electron chi connectivity index (χ4n) is 3.78. The topological polar surface area (TPSA) is 87.1 Å². The van der Waals surface area contributed by atoms with Crippen molar-refractivity contribution in [3.8, 4) is 5.75 Å². The van der Waals surface area contributed by atoms with Crippen molar-refractivity contribution in [2.24, 2.45) is 0 Å². The lowest BCUT2D eigenvalue weighted by atomic mass is 10.2. The van der Waals surface area contributed by atoms with E-state index >= 15 is 0 Å². The van der Waals surface area contributed by atoms with Gasteiger partial charge in [-0.2, -0.15) is 0 Å². The van der Waals surface area contributed by atoms with Crippen LogP contribution in [-0.2, 0) is 6.54 Å². The number of amides is 3. The van der Waals surface area contributed by atoms with Crippen molar-refractivity contribution >= 4 is 23.3 Å². The predicted molar refractivity (Wildman–Crippen MR) is 127 cm³/mol. The Morgan fingerprint density at radius 3 is 2.61 bits per heavy atom. The SMILES string of the molecule is CCN1CC(CN(C)C(=O)NCc2ccc(NC(=O)c3ccco3)cc2)Oc2ccccc21. The van der Waals surface area contributed by atoms with Crippen molar-refractivity contribution < 1.29 is 18.7 Å². The van der Waals surface area contributed by atoms with Gasteiger partial charge in [0.2, 0.25) is 0 Å². The van der Waals surface area contributed by atoms with Crippen LogP contribution in [0.15, 0.2) is 71.3 Å². The molecule has 2 heterocycles. The van der Waals surface area contributed by atoms with Gasteiger partial charge in [0.15, 0.2) is 5.76 Å². The molecular formula is C25H28N4O4. The normalized spacial score (nSPS) is 14.7. The first-order chi connectivity index (χ1) is 16.0. The molecule has 1 aromatic heterocycles. The van der Waals surface area contributed by atoms with Crippen LogP contribution in [0.25, 0.3) is 0 Å². The number of nitrogens with zero attached hydrogens (tertiary/aromatic N) is 2. The zero-order chi connectivity index (χ0) is 23.2. The molecule has 2 N–H and O–H groups in total. The highest BCUT2D eigenvalue weighted by Gasteiger charge is 2.26. The summed E-state index contributed by atoms with van der Waals surface area (Å²) >= 11 is 0. The second kappa shape index (κ2) is 10.1. The zero-order valence-electron chi connectivity index (χ0n) is 18.8. The van der Waals surface area contributed by atoms with Gasteiger partial charge in [-0.1, -0.05) is 24.3 Å². The number of rotatable bonds is 7. The fraction of sp³-hybridized carbons (Fsp3) is 0.280. The third-order valence-electron chi connectivity index (χ3n) is 5.53. The molecule has 1 aliphatic rings. The van der Waals surface area contributed by atoms with E-state index in [4.69, 9.17) is 9.15 Å². The van der Waals surface area contributed by atoms with Crippen LogP contribution in [0.2, 0.25) is 0 Å². The van der Waals surface area contributed by atoms with Crippen LogP contribution in [0.4, 0.5) is 16.2 Å². The van der Waals surface area contributed by atoms with E-state index in [1.165, 1.54) is 6.26 Å². The van der Waals surface area contributed by atoms with Crippen molar-refractivity contribution in [1.82, 2.24) is 10.2 Å². The van der Waals surface area contributed by atoms with E-state index in [9.17, 15) is 9.59 Å². The number of hydrogen-bond acceptors (Lipinski definition) is 5. The second-order valence-corrected chi connectivity index (χ2v) is 7.91. The van der Waals surface area contributed by atoms with Gasteiger partial charge in [-0.25, -0.2) is 4.79 Å². The Hall–Kier alpha value is -3.94. The van der Waals surface area contributed by atoms with Gasteiger partial charge in [-0.05, 0) is 48.9 Å². The average molecular weight is 449 g/mol. The summed E-state index contributed by atoms with van der Waals surface area (Å²) in [5.74, 6) is 0.794. The Morgan fingerprint density at radius 1 is 1.09 bits per heavy atom. The van der Waals surface area contributed by atoms with E-state index in [0.717, 1.165) is 30.1 Å². The van der Waals surface area contributed by atoms with Crippen molar-refractivity contribution in [3.63, 3.8) is 0 Å². The van der Waals surface area contributed by atoms with Gasteiger partial charge in [-0.3, -0.25) is 4.79 Å². The van der Waals surface area contributed by atoms with Crippen LogP contribution < -0.4 is 20.3 Å². The molecule has 2 aromatic carbocycles. The van der Waals surface area contributed by atoms with Gasteiger partial charge in [0.05, 0.1) is 25.0 Å². The van der Waals surface area contributed by atoms with E-state index in [0.29, 0.717) is 18.8 Å². The van der Waals surface area contributed by atoms with Crippen LogP contribution in [0, 0.1) is 0 Å². The van der Waals surface area contributed by atoms with E-state index in [1.807, 2.05) is 30.3 Å². The fourth-order valence-corrected chi connectivity index (χ4v) is 3.78. The standard InChI is InChI=1S/C25H28N4O4/c1-3-29-17-20(33-22-8-5-4-7-21(22)29)16-28(2)25(31)26-15-18-10-12-19(13-11-18)27-24(30)23-9-6-14-32-23/h4-14,20H,3,15-17H2,1-2H3,(H,26,31)(H,27,30). The molecule has 0 fully saturated rings. The number of likely N-dealkylation sites (N-methyl/N-ethyl adjacent to an activating group) is 2. The van der Waals surface area contributed by atoms with Crippen molar-refractivity contribution in [3.05, 3.63) is 78.3 Å². The summed E-state index contributed by atoms with van der Waals surface area (Å²) in [7, 11) is 1.77.